The Balaban J connectivity index is 1.73. The molecule has 1 saturated carbocycles. The second-order valence-electron chi connectivity index (χ2n) is 6.56. The maximum atomic E-state index is 14.4. The summed E-state index contributed by atoms with van der Waals surface area (Å²) in [5.74, 6) is 5.21. The molecule has 29 heavy (non-hydrogen) atoms. The molecule has 150 valence electrons. The van der Waals surface area contributed by atoms with Gasteiger partial charge in [-0.2, -0.15) is 0 Å². The van der Waals surface area contributed by atoms with Crippen LogP contribution in [0.2, 0.25) is 0 Å². The number of aliphatic imine (C=N–C) groups is 1. The molecule has 0 saturated heterocycles. The minimum absolute atomic E-state index is 0.0846. The Kier molecular flexibility index (Phi) is 6.49. The third kappa shape index (κ3) is 5.12. The molecule has 0 aliphatic heterocycles. The van der Waals surface area contributed by atoms with E-state index in [4.69, 9.17) is 10.5 Å². The Morgan fingerprint density at radius 2 is 2.17 bits per heavy atom. The van der Waals surface area contributed by atoms with Crippen LogP contribution in [0.5, 0.6) is 5.88 Å². The highest BCUT2D eigenvalue weighted by Crippen LogP contribution is 2.50. The molecule has 0 amide bonds. The van der Waals surface area contributed by atoms with E-state index >= 15 is 0 Å². The number of carbonyl (C=O) groups excluding carboxylic acids is 1. The van der Waals surface area contributed by atoms with Gasteiger partial charge in [0.1, 0.15) is 11.5 Å². The molecule has 1 aliphatic rings. The van der Waals surface area contributed by atoms with Crippen LogP contribution >= 0.6 is 11.8 Å². The average molecular weight is 412 g/mol. The number of rotatable bonds is 7. The maximum absolute atomic E-state index is 14.4. The molecule has 1 heterocycles. The van der Waals surface area contributed by atoms with Crippen molar-refractivity contribution < 1.29 is 13.9 Å². The van der Waals surface area contributed by atoms with Crippen molar-refractivity contribution >= 4 is 22.7 Å². The van der Waals surface area contributed by atoms with Gasteiger partial charge < -0.3 is 10.5 Å². The lowest BCUT2D eigenvalue weighted by molar-refractivity contribution is 0.0987. The molecule has 3 rings (SSSR count). The Labute approximate surface area is 173 Å². The summed E-state index contributed by atoms with van der Waals surface area (Å²) in [4.78, 5) is 25.2. The zero-order chi connectivity index (χ0) is 20.9. The number of thioether (sulfide) groups is 1. The number of halogens is 1. The summed E-state index contributed by atoms with van der Waals surface area (Å²) in [6.07, 6.45) is 6.14. The lowest BCUT2D eigenvalue weighted by Gasteiger charge is -2.14. The van der Waals surface area contributed by atoms with Crippen LogP contribution in [0.1, 0.15) is 41.4 Å². The molecule has 8 heteroatoms. The third-order valence-corrected chi connectivity index (χ3v) is 5.05. The van der Waals surface area contributed by atoms with Gasteiger partial charge in [0.25, 0.3) is 0 Å². The van der Waals surface area contributed by atoms with E-state index in [9.17, 15) is 9.18 Å². The fourth-order valence-electron chi connectivity index (χ4n) is 2.85. The summed E-state index contributed by atoms with van der Waals surface area (Å²) in [6, 6.07) is 4.68. The number of ketones is 1. The average Bonchev–Trinajstić information content (AvgIpc) is 3.50. The fraction of sp³-hybridized carbons (Fsp3) is 0.333. The predicted octanol–water partition coefficient (Wildman–Crippen LogP) is 3.11. The quantitative estimate of drug-likeness (QED) is 0.325. The molecule has 1 aromatic heterocycles. The minimum atomic E-state index is -0.615. The lowest BCUT2D eigenvalue weighted by Crippen LogP contribution is -2.15. The zero-order valence-corrected chi connectivity index (χ0v) is 17.1. The van der Waals surface area contributed by atoms with E-state index in [1.807, 2.05) is 6.26 Å². The van der Waals surface area contributed by atoms with Gasteiger partial charge in [0.2, 0.25) is 5.88 Å². The van der Waals surface area contributed by atoms with E-state index in [2.05, 4.69) is 26.8 Å². The monoisotopic (exact) mass is 412 g/mol. The van der Waals surface area contributed by atoms with Gasteiger partial charge in [-0.05, 0) is 43.7 Å². The van der Waals surface area contributed by atoms with Crippen molar-refractivity contribution in [1.29, 1.82) is 0 Å². The van der Waals surface area contributed by atoms with Crippen LogP contribution in [0.3, 0.4) is 0 Å². The number of carbonyl (C=O) groups is 1. The van der Waals surface area contributed by atoms with Crippen LogP contribution in [-0.4, -0.2) is 33.8 Å². The van der Waals surface area contributed by atoms with Crippen molar-refractivity contribution in [3.63, 3.8) is 0 Å². The summed E-state index contributed by atoms with van der Waals surface area (Å²) in [5.41, 5.74) is 6.61. The van der Waals surface area contributed by atoms with Crippen LogP contribution in [0.4, 0.5) is 4.39 Å². The zero-order valence-electron chi connectivity index (χ0n) is 16.2. The first-order chi connectivity index (χ1) is 14.0. The number of nitrogens with zero attached hydrogens (tertiary/aromatic N) is 3. The van der Waals surface area contributed by atoms with E-state index in [1.165, 1.54) is 30.2 Å². The highest BCUT2D eigenvalue weighted by atomic mass is 32.2. The summed E-state index contributed by atoms with van der Waals surface area (Å²) < 4.78 is 19.7. The second kappa shape index (κ2) is 9.05. The van der Waals surface area contributed by atoms with Gasteiger partial charge in [0.15, 0.2) is 17.6 Å². The van der Waals surface area contributed by atoms with E-state index in [1.54, 1.807) is 19.1 Å². The van der Waals surface area contributed by atoms with E-state index in [0.29, 0.717) is 22.2 Å². The molecule has 1 aromatic carbocycles. The van der Waals surface area contributed by atoms with Crippen molar-refractivity contribution in [2.45, 2.75) is 31.7 Å². The van der Waals surface area contributed by atoms with Crippen molar-refractivity contribution in [3.8, 4) is 17.7 Å². The van der Waals surface area contributed by atoms with Gasteiger partial charge in [-0.3, -0.25) is 9.79 Å². The molecule has 0 spiro atoms. The Morgan fingerprint density at radius 1 is 1.38 bits per heavy atom. The summed E-state index contributed by atoms with van der Waals surface area (Å²) >= 11 is 1.33. The first-order valence-corrected chi connectivity index (χ1v) is 10.3. The van der Waals surface area contributed by atoms with Gasteiger partial charge in [-0.15, -0.1) is 5.92 Å². The summed E-state index contributed by atoms with van der Waals surface area (Å²) in [7, 11) is 0. The first kappa shape index (κ1) is 20.8. The molecule has 1 aliphatic carbocycles. The maximum Gasteiger partial charge on any atom is 0.233 e. The molecule has 0 unspecified atom stereocenters. The summed E-state index contributed by atoms with van der Waals surface area (Å²) in [6.45, 7) is 1.93. The number of amidine groups is 1. The number of hydrogen-bond donors (Lipinski definition) is 1. The van der Waals surface area contributed by atoms with Gasteiger partial charge >= 0.3 is 0 Å². The molecule has 0 bridgehead atoms. The largest absolute Gasteiger partial charge is 0.463 e. The Bertz CT molecular complexity index is 992. The number of hydrogen-bond acceptors (Lipinski definition) is 6. The van der Waals surface area contributed by atoms with E-state index < -0.39 is 5.54 Å². The SMILES string of the molecule is CC#CCOc1cnc(C(=O)Cc2ccc(F)c(C3(N=C(N)SC)CC3)c2)cn1. The van der Waals surface area contributed by atoms with Crippen molar-refractivity contribution in [3.05, 3.63) is 53.2 Å². The minimum Gasteiger partial charge on any atom is -0.463 e. The second-order valence-corrected chi connectivity index (χ2v) is 7.38. The molecular formula is C21H21FN4O2S. The standard InChI is InChI=1S/C21H21FN4O2S/c1-3-4-9-28-19-13-24-17(12-25-19)18(27)11-14-5-6-16(22)15(10-14)21(7-8-21)26-20(23)29-2/h5-6,10,12-13H,7-9,11H2,1-2H3,(H2,23,26). The highest BCUT2D eigenvalue weighted by molar-refractivity contribution is 8.13. The number of Topliss-reactive ketones (excluding diaryl/α,β-unsaturated/α-hetero) is 1. The smallest absolute Gasteiger partial charge is 0.233 e. The third-order valence-electron chi connectivity index (χ3n) is 4.54. The molecule has 2 aromatic rings. The Morgan fingerprint density at radius 3 is 2.79 bits per heavy atom. The lowest BCUT2D eigenvalue weighted by atomic mass is 9.98. The van der Waals surface area contributed by atoms with Gasteiger partial charge in [-0.1, -0.05) is 23.7 Å². The summed E-state index contributed by atoms with van der Waals surface area (Å²) in [5, 5.41) is 0.422. The van der Waals surface area contributed by atoms with Gasteiger partial charge in [0.05, 0.1) is 17.9 Å². The number of nitrogens with two attached hydrogens (primary N) is 1. The molecule has 1 fully saturated rings. The van der Waals surface area contributed by atoms with Crippen LogP contribution in [0, 0.1) is 17.7 Å². The number of aromatic nitrogens is 2. The fourth-order valence-corrected chi connectivity index (χ4v) is 3.11. The first-order valence-electron chi connectivity index (χ1n) is 9.03. The normalized spacial score (nSPS) is 14.7. The molecular weight excluding hydrogens is 391 g/mol. The van der Waals surface area contributed by atoms with Crippen LogP contribution in [-0.2, 0) is 12.0 Å². The van der Waals surface area contributed by atoms with Gasteiger partial charge in [0, 0.05) is 12.0 Å². The Hall–Kier alpha value is -2.92. The molecule has 6 nitrogen and oxygen atoms in total. The predicted molar refractivity (Wildman–Crippen MR) is 111 cm³/mol. The van der Waals surface area contributed by atoms with Gasteiger partial charge in [-0.25, -0.2) is 14.4 Å². The van der Waals surface area contributed by atoms with Crippen molar-refractivity contribution in [1.82, 2.24) is 9.97 Å². The van der Waals surface area contributed by atoms with E-state index in [0.717, 1.165) is 12.8 Å². The number of benzene rings is 1. The van der Waals surface area contributed by atoms with Crippen LogP contribution in [0.25, 0.3) is 0 Å². The topological polar surface area (TPSA) is 90.5 Å². The van der Waals surface area contributed by atoms with E-state index in [-0.39, 0.29) is 30.3 Å². The van der Waals surface area contributed by atoms with Crippen LogP contribution < -0.4 is 10.5 Å². The van der Waals surface area contributed by atoms with Crippen molar-refractivity contribution in [2.24, 2.45) is 10.7 Å². The van der Waals surface area contributed by atoms with Crippen molar-refractivity contribution in [2.75, 3.05) is 12.9 Å². The molecule has 0 atom stereocenters. The molecule has 0 radical (unpaired) electrons. The molecule has 2 N–H and O–H groups in total. The van der Waals surface area contributed by atoms with Crippen LogP contribution in [0.15, 0.2) is 35.6 Å². The highest BCUT2D eigenvalue weighted by Gasteiger charge is 2.46. The number of ether oxygens (including phenoxy) is 1.